The zero-order valence-corrected chi connectivity index (χ0v) is 17.1. The van der Waals surface area contributed by atoms with Crippen molar-refractivity contribution in [3.63, 3.8) is 0 Å². The van der Waals surface area contributed by atoms with E-state index in [1.165, 1.54) is 4.31 Å². The molecule has 156 valence electrons. The predicted molar refractivity (Wildman–Crippen MR) is 102 cm³/mol. The number of aromatic nitrogens is 1. The number of nitrogens with two attached hydrogens (primary N) is 1. The fraction of sp³-hybridized carbons (Fsp3) is 0.421. The zero-order chi connectivity index (χ0) is 21.2. The van der Waals surface area contributed by atoms with Gasteiger partial charge in [-0.05, 0) is 44.4 Å². The molecule has 0 radical (unpaired) electrons. The van der Waals surface area contributed by atoms with Gasteiger partial charge in [0.05, 0.1) is 5.92 Å². The third kappa shape index (κ3) is 4.48. The third-order valence-corrected chi connectivity index (χ3v) is 6.99. The van der Waals surface area contributed by atoms with Crippen LogP contribution in [0.25, 0.3) is 0 Å². The largest absolute Gasteiger partial charge is 0.461 e. The molecule has 9 nitrogen and oxygen atoms in total. The minimum atomic E-state index is -3.81. The van der Waals surface area contributed by atoms with Crippen molar-refractivity contribution < 1.29 is 27.3 Å². The molecule has 1 saturated heterocycles. The number of primary amides is 1. The summed E-state index contributed by atoms with van der Waals surface area (Å²) in [6, 6.07) is 6.51. The summed E-state index contributed by atoms with van der Waals surface area (Å²) >= 11 is 0. The van der Waals surface area contributed by atoms with Crippen molar-refractivity contribution >= 4 is 21.9 Å². The molecule has 1 aromatic carbocycles. The highest BCUT2D eigenvalue weighted by atomic mass is 32.2. The second-order valence-corrected chi connectivity index (χ2v) is 8.90. The van der Waals surface area contributed by atoms with Crippen LogP contribution in [0.1, 0.15) is 40.2 Å². The molecule has 29 heavy (non-hydrogen) atoms. The van der Waals surface area contributed by atoms with Crippen LogP contribution in [0.5, 0.6) is 0 Å². The second kappa shape index (κ2) is 8.34. The molecule has 2 N–H and O–H groups in total. The van der Waals surface area contributed by atoms with E-state index >= 15 is 0 Å². The van der Waals surface area contributed by atoms with Gasteiger partial charge in [0.2, 0.25) is 15.9 Å². The number of piperidine rings is 1. The van der Waals surface area contributed by atoms with E-state index in [0.29, 0.717) is 36.2 Å². The van der Waals surface area contributed by atoms with Crippen LogP contribution in [0.3, 0.4) is 0 Å². The molecule has 1 aromatic heterocycles. The van der Waals surface area contributed by atoms with E-state index in [1.807, 2.05) is 0 Å². The molecule has 1 amide bonds. The first-order valence-electron chi connectivity index (χ1n) is 9.18. The van der Waals surface area contributed by atoms with Gasteiger partial charge in [0, 0.05) is 18.7 Å². The first kappa shape index (κ1) is 21.0. The van der Waals surface area contributed by atoms with Crippen LogP contribution in [-0.4, -0.2) is 42.8 Å². The van der Waals surface area contributed by atoms with Gasteiger partial charge in [-0.3, -0.25) is 9.59 Å². The summed E-state index contributed by atoms with van der Waals surface area (Å²) in [6.45, 7) is 3.44. The highest BCUT2D eigenvalue weighted by molar-refractivity contribution is 7.89. The molecule has 1 fully saturated rings. The summed E-state index contributed by atoms with van der Waals surface area (Å²) in [5.74, 6) is -1.39. The van der Waals surface area contributed by atoms with E-state index < -0.39 is 27.8 Å². The van der Waals surface area contributed by atoms with Crippen molar-refractivity contribution in [2.75, 3.05) is 13.1 Å². The molecule has 10 heteroatoms. The van der Waals surface area contributed by atoms with Crippen LogP contribution < -0.4 is 5.73 Å². The maximum Gasteiger partial charge on any atom is 0.310 e. The van der Waals surface area contributed by atoms with Crippen molar-refractivity contribution in [3.8, 4) is 0 Å². The minimum Gasteiger partial charge on any atom is -0.461 e. The summed E-state index contributed by atoms with van der Waals surface area (Å²) in [6.07, 6.45) is 1.08. The van der Waals surface area contributed by atoms with Crippen molar-refractivity contribution in [2.24, 2.45) is 11.7 Å². The minimum absolute atomic E-state index is 0.0208. The standard InChI is InChI=1S/C19H23N3O6S/c1-12-17(13(2)28-21-12)29(25,26)22-8-4-7-16(10-22)19(24)27-11-14-5-3-6-15(9-14)18(20)23/h3,5-6,9,16H,4,7-8,10-11H2,1-2H3,(H2,20,23). The highest BCUT2D eigenvalue weighted by Crippen LogP contribution is 2.28. The second-order valence-electron chi connectivity index (χ2n) is 7.03. The molecular weight excluding hydrogens is 398 g/mol. The van der Waals surface area contributed by atoms with E-state index in [4.69, 9.17) is 15.0 Å². The number of sulfonamides is 1. The average Bonchev–Trinajstić information content (AvgIpc) is 3.05. The van der Waals surface area contributed by atoms with Gasteiger partial charge in [-0.2, -0.15) is 4.31 Å². The summed E-state index contributed by atoms with van der Waals surface area (Å²) in [5.41, 5.74) is 6.50. The number of benzene rings is 1. The Morgan fingerprint density at radius 1 is 1.34 bits per heavy atom. The molecular formula is C19H23N3O6S. The highest BCUT2D eigenvalue weighted by Gasteiger charge is 2.37. The molecule has 2 aromatic rings. The Balaban J connectivity index is 1.67. The average molecular weight is 421 g/mol. The molecule has 0 saturated carbocycles. The smallest absolute Gasteiger partial charge is 0.310 e. The number of nitrogens with zero attached hydrogens (tertiary/aromatic N) is 2. The summed E-state index contributed by atoms with van der Waals surface area (Å²) in [7, 11) is -3.81. The Kier molecular flexibility index (Phi) is 6.04. The maximum absolute atomic E-state index is 13.0. The first-order valence-corrected chi connectivity index (χ1v) is 10.6. The fourth-order valence-electron chi connectivity index (χ4n) is 3.41. The molecule has 3 rings (SSSR count). The van der Waals surface area contributed by atoms with Crippen LogP contribution in [0.2, 0.25) is 0 Å². The Hall–Kier alpha value is -2.72. The molecule has 0 aliphatic carbocycles. The van der Waals surface area contributed by atoms with Crippen LogP contribution in [0.4, 0.5) is 0 Å². The molecule has 1 aliphatic rings. The molecule has 1 aliphatic heterocycles. The van der Waals surface area contributed by atoms with Gasteiger partial charge in [-0.15, -0.1) is 0 Å². The normalized spacial score (nSPS) is 17.8. The van der Waals surface area contributed by atoms with E-state index in [1.54, 1.807) is 38.1 Å². The Morgan fingerprint density at radius 3 is 2.76 bits per heavy atom. The summed E-state index contributed by atoms with van der Waals surface area (Å²) < 4.78 is 37.6. The van der Waals surface area contributed by atoms with Crippen LogP contribution in [0.15, 0.2) is 33.7 Å². The fourth-order valence-corrected chi connectivity index (χ4v) is 5.23. The number of ether oxygens (including phenoxy) is 1. The van der Waals surface area contributed by atoms with Crippen molar-refractivity contribution in [1.82, 2.24) is 9.46 Å². The van der Waals surface area contributed by atoms with Crippen molar-refractivity contribution in [1.29, 1.82) is 0 Å². The van der Waals surface area contributed by atoms with Gasteiger partial charge in [0.15, 0.2) is 5.76 Å². The Morgan fingerprint density at radius 2 is 2.10 bits per heavy atom. The molecule has 1 unspecified atom stereocenters. The van der Waals surface area contributed by atoms with Crippen LogP contribution in [0, 0.1) is 19.8 Å². The molecule has 2 heterocycles. The molecule has 0 spiro atoms. The number of rotatable bonds is 6. The topological polar surface area (TPSA) is 133 Å². The third-order valence-electron chi connectivity index (χ3n) is 4.88. The Labute approximate surface area is 168 Å². The molecule has 1 atom stereocenters. The van der Waals surface area contributed by atoms with Gasteiger partial charge < -0.3 is 15.0 Å². The summed E-state index contributed by atoms with van der Waals surface area (Å²) in [4.78, 5) is 23.8. The number of carbonyl (C=O) groups excluding carboxylic acids is 2. The number of hydrogen-bond acceptors (Lipinski definition) is 7. The van der Waals surface area contributed by atoms with E-state index in [9.17, 15) is 18.0 Å². The number of esters is 1. The lowest BCUT2D eigenvalue weighted by Gasteiger charge is -2.30. The van der Waals surface area contributed by atoms with Gasteiger partial charge >= 0.3 is 5.97 Å². The number of carbonyl (C=O) groups is 2. The number of amides is 1. The first-order chi connectivity index (χ1) is 13.7. The number of aryl methyl sites for hydroxylation is 2. The lowest BCUT2D eigenvalue weighted by Crippen LogP contribution is -2.43. The van der Waals surface area contributed by atoms with Gasteiger partial charge in [-0.1, -0.05) is 17.3 Å². The lowest BCUT2D eigenvalue weighted by atomic mass is 10.00. The lowest BCUT2D eigenvalue weighted by molar-refractivity contribution is -0.151. The number of hydrogen-bond donors (Lipinski definition) is 1. The quantitative estimate of drug-likeness (QED) is 0.699. The SMILES string of the molecule is Cc1noc(C)c1S(=O)(=O)N1CCCC(C(=O)OCc2cccc(C(N)=O)c2)C1. The Bertz CT molecular complexity index is 1010. The van der Waals surface area contributed by atoms with Gasteiger partial charge in [0.25, 0.3) is 0 Å². The molecule has 0 bridgehead atoms. The van der Waals surface area contributed by atoms with Crippen LogP contribution in [-0.2, 0) is 26.2 Å². The van der Waals surface area contributed by atoms with E-state index in [0.717, 1.165) is 0 Å². The van der Waals surface area contributed by atoms with Crippen LogP contribution >= 0.6 is 0 Å². The van der Waals surface area contributed by atoms with Crippen molar-refractivity contribution in [2.45, 2.75) is 38.2 Å². The summed E-state index contributed by atoms with van der Waals surface area (Å²) in [5, 5.41) is 3.71. The van der Waals surface area contributed by atoms with E-state index in [2.05, 4.69) is 5.16 Å². The van der Waals surface area contributed by atoms with Gasteiger partial charge in [-0.25, -0.2) is 8.42 Å². The van der Waals surface area contributed by atoms with E-state index in [-0.39, 0.29) is 23.8 Å². The monoisotopic (exact) mass is 421 g/mol. The van der Waals surface area contributed by atoms with Crippen molar-refractivity contribution in [3.05, 3.63) is 46.8 Å². The zero-order valence-electron chi connectivity index (χ0n) is 16.3. The maximum atomic E-state index is 13.0. The van der Waals surface area contributed by atoms with Gasteiger partial charge in [0.1, 0.15) is 17.2 Å². The predicted octanol–water partition coefficient (Wildman–Crippen LogP) is 1.53.